The van der Waals surface area contributed by atoms with Crippen LogP contribution in [0.5, 0.6) is 0 Å². The second-order valence-electron chi connectivity index (χ2n) is 4.35. The van der Waals surface area contributed by atoms with Crippen molar-refractivity contribution in [3.05, 3.63) is 64.6 Å². The summed E-state index contributed by atoms with van der Waals surface area (Å²) in [6.45, 7) is -0.00743. The number of aromatic nitrogens is 1. The van der Waals surface area contributed by atoms with Crippen molar-refractivity contribution < 1.29 is 14.7 Å². The fourth-order valence-corrected chi connectivity index (χ4v) is 1.90. The molecule has 2 N–H and O–H groups in total. The molecule has 0 saturated heterocycles. The molecule has 2 rings (SSSR count). The zero-order valence-corrected chi connectivity index (χ0v) is 11.2. The number of para-hydroxylation sites is 1. The molecule has 21 heavy (non-hydrogen) atoms. The second-order valence-corrected chi connectivity index (χ2v) is 4.35. The SMILES string of the molecule is O=C(O)CCN(C(=O)c1ccc[nH]c1=O)c1ccccc1. The number of hydrogen-bond acceptors (Lipinski definition) is 3. The van der Waals surface area contributed by atoms with Gasteiger partial charge in [-0.25, -0.2) is 0 Å². The molecule has 0 aliphatic heterocycles. The van der Waals surface area contributed by atoms with Crippen LogP contribution >= 0.6 is 0 Å². The lowest BCUT2D eigenvalue weighted by molar-refractivity contribution is -0.136. The van der Waals surface area contributed by atoms with Gasteiger partial charge in [-0.05, 0) is 24.3 Å². The van der Waals surface area contributed by atoms with Gasteiger partial charge in [0.15, 0.2) is 0 Å². The maximum atomic E-state index is 12.5. The number of rotatable bonds is 5. The minimum atomic E-state index is -1.01. The summed E-state index contributed by atoms with van der Waals surface area (Å²) in [6, 6.07) is 11.6. The van der Waals surface area contributed by atoms with Gasteiger partial charge in [-0.2, -0.15) is 0 Å². The molecule has 0 aliphatic rings. The van der Waals surface area contributed by atoms with Gasteiger partial charge in [0.05, 0.1) is 6.42 Å². The van der Waals surface area contributed by atoms with Crippen molar-refractivity contribution in [2.45, 2.75) is 6.42 Å². The number of benzene rings is 1. The third-order valence-corrected chi connectivity index (χ3v) is 2.91. The number of aliphatic carboxylic acids is 1. The van der Waals surface area contributed by atoms with E-state index in [2.05, 4.69) is 4.98 Å². The van der Waals surface area contributed by atoms with Crippen molar-refractivity contribution in [1.29, 1.82) is 0 Å². The summed E-state index contributed by atoms with van der Waals surface area (Å²) in [5.74, 6) is -1.53. The van der Waals surface area contributed by atoms with Crippen molar-refractivity contribution in [1.82, 2.24) is 4.98 Å². The number of nitrogens with zero attached hydrogens (tertiary/aromatic N) is 1. The molecule has 0 bridgehead atoms. The zero-order chi connectivity index (χ0) is 15.2. The van der Waals surface area contributed by atoms with Crippen LogP contribution in [0.15, 0.2) is 53.5 Å². The van der Waals surface area contributed by atoms with E-state index in [-0.39, 0.29) is 18.5 Å². The van der Waals surface area contributed by atoms with Crippen LogP contribution in [-0.2, 0) is 4.79 Å². The van der Waals surface area contributed by atoms with Gasteiger partial charge < -0.3 is 15.0 Å². The van der Waals surface area contributed by atoms with E-state index < -0.39 is 17.4 Å². The first kappa shape index (κ1) is 14.5. The van der Waals surface area contributed by atoms with Gasteiger partial charge >= 0.3 is 5.97 Å². The van der Waals surface area contributed by atoms with E-state index >= 15 is 0 Å². The van der Waals surface area contributed by atoms with Crippen molar-refractivity contribution in [2.24, 2.45) is 0 Å². The van der Waals surface area contributed by atoms with E-state index in [0.29, 0.717) is 5.69 Å². The fourth-order valence-electron chi connectivity index (χ4n) is 1.90. The van der Waals surface area contributed by atoms with Gasteiger partial charge in [0.1, 0.15) is 5.56 Å². The number of H-pyrrole nitrogens is 1. The molecule has 1 heterocycles. The molecule has 0 aliphatic carbocycles. The van der Waals surface area contributed by atoms with Crippen LogP contribution in [0.3, 0.4) is 0 Å². The van der Waals surface area contributed by atoms with Gasteiger partial charge in [0.25, 0.3) is 11.5 Å². The van der Waals surface area contributed by atoms with Crippen LogP contribution in [0.2, 0.25) is 0 Å². The Hall–Kier alpha value is -2.89. The maximum Gasteiger partial charge on any atom is 0.305 e. The Balaban J connectivity index is 2.35. The average molecular weight is 286 g/mol. The van der Waals surface area contributed by atoms with Gasteiger partial charge in [0.2, 0.25) is 0 Å². The van der Waals surface area contributed by atoms with Gasteiger partial charge in [-0.3, -0.25) is 14.4 Å². The van der Waals surface area contributed by atoms with E-state index in [1.165, 1.54) is 17.2 Å². The molecule has 0 saturated carbocycles. The molecule has 108 valence electrons. The first-order valence-electron chi connectivity index (χ1n) is 6.36. The molecule has 1 aromatic carbocycles. The number of amides is 1. The van der Waals surface area contributed by atoms with E-state index in [4.69, 9.17) is 5.11 Å². The monoisotopic (exact) mass is 286 g/mol. The molecular weight excluding hydrogens is 272 g/mol. The van der Waals surface area contributed by atoms with Crippen LogP contribution in [0.4, 0.5) is 5.69 Å². The van der Waals surface area contributed by atoms with Crippen LogP contribution in [-0.4, -0.2) is 28.5 Å². The topological polar surface area (TPSA) is 90.5 Å². The van der Waals surface area contributed by atoms with Crippen LogP contribution in [0, 0.1) is 0 Å². The largest absolute Gasteiger partial charge is 0.481 e. The molecule has 2 aromatic rings. The summed E-state index contributed by atoms with van der Waals surface area (Å²) in [4.78, 5) is 38.7. The minimum Gasteiger partial charge on any atom is -0.481 e. The Kier molecular flexibility index (Phi) is 4.50. The summed E-state index contributed by atoms with van der Waals surface area (Å²) in [5.41, 5.74) is 0.0255. The molecule has 6 nitrogen and oxygen atoms in total. The van der Waals surface area contributed by atoms with Gasteiger partial charge in [-0.15, -0.1) is 0 Å². The Morgan fingerprint density at radius 2 is 1.81 bits per heavy atom. The summed E-state index contributed by atoms with van der Waals surface area (Å²) >= 11 is 0. The van der Waals surface area contributed by atoms with Crippen molar-refractivity contribution >= 4 is 17.6 Å². The Labute approximate surface area is 120 Å². The molecule has 0 spiro atoms. The number of aromatic amines is 1. The highest BCUT2D eigenvalue weighted by molar-refractivity contribution is 6.06. The number of pyridine rings is 1. The highest BCUT2D eigenvalue weighted by Gasteiger charge is 2.20. The summed E-state index contributed by atoms with van der Waals surface area (Å²) in [7, 11) is 0. The summed E-state index contributed by atoms with van der Waals surface area (Å²) in [6.07, 6.45) is 1.23. The average Bonchev–Trinajstić information content (AvgIpc) is 2.48. The number of anilines is 1. The van der Waals surface area contributed by atoms with Gasteiger partial charge in [0, 0.05) is 18.4 Å². The molecule has 6 heteroatoms. The van der Waals surface area contributed by atoms with E-state index in [0.717, 1.165) is 0 Å². The van der Waals surface area contributed by atoms with Crippen LogP contribution < -0.4 is 10.5 Å². The number of carboxylic acids is 1. The summed E-state index contributed by atoms with van der Waals surface area (Å²) in [5, 5.41) is 8.81. The van der Waals surface area contributed by atoms with Crippen molar-refractivity contribution in [2.75, 3.05) is 11.4 Å². The number of carbonyl (C=O) groups excluding carboxylic acids is 1. The Bertz CT molecular complexity index is 694. The number of nitrogens with one attached hydrogen (secondary N) is 1. The first-order chi connectivity index (χ1) is 10.1. The quantitative estimate of drug-likeness (QED) is 0.871. The number of carboxylic acid groups (broad SMARTS) is 1. The Morgan fingerprint density at radius 1 is 1.10 bits per heavy atom. The Morgan fingerprint density at radius 3 is 2.43 bits per heavy atom. The maximum absolute atomic E-state index is 12.5. The highest BCUT2D eigenvalue weighted by atomic mass is 16.4. The van der Waals surface area contributed by atoms with Crippen LogP contribution in [0.25, 0.3) is 0 Å². The van der Waals surface area contributed by atoms with Crippen molar-refractivity contribution in [3.63, 3.8) is 0 Å². The first-order valence-corrected chi connectivity index (χ1v) is 6.36. The lowest BCUT2D eigenvalue weighted by atomic mass is 10.2. The molecule has 1 aromatic heterocycles. The molecule has 0 radical (unpaired) electrons. The number of carbonyl (C=O) groups is 2. The lowest BCUT2D eigenvalue weighted by Crippen LogP contribution is -2.36. The second kappa shape index (κ2) is 6.51. The highest BCUT2D eigenvalue weighted by Crippen LogP contribution is 2.16. The molecule has 0 unspecified atom stereocenters. The number of hydrogen-bond donors (Lipinski definition) is 2. The lowest BCUT2D eigenvalue weighted by Gasteiger charge is -2.21. The minimum absolute atomic E-state index is 0.00743. The predicted molar refractivity (Wildman–Crippen MR) is 77.4 cm³/mol. The van der Waals surface area contributed by atoms with Gasteiger partial charge in [-0.1, -0.05) is 18.2 Å². The van der Waals surface area contributed by atoms with E-state index in [1.54, 1.807) is 36.4 Å². The smallest absolute Gasteiger partial charge is 0.305 e. The molecule has 0 atom stereocenters. The van der Waals surface area contributed by atoms with Crippen molar-refractivity contribution in [3.8, 4) is 0 Å². The predicted octanol–water partition coefficient (Wildman–Crippen LogP) is 1.50. The van der Waals surface area contributed by atoms with E-state index in [1.807, 2.05) is 0 Å². The fraction of sp³-hybridized carbons (Fsp3) is 0.133. The zero-order valence-electron chi connectivity index (χ0n) is 11.2. The normalized spacial score (nSPS) is 10.1. The molecule has 1 amide bonds. The van der Waals surface area contributed by atoms with Crippen LogP contribution in [0.1, 0.15) is 16.8 Å². The molecule has 0 fully saturated rings. The summed E-state index contributed by atoms with van der Waals surface area (Å²) < 4.78 is 0. The van der Waals surface area contributed by atoms with E-state index in [9.17, 15) is 14.4 Å². The molecular formula is C15H14N2O4. The standard InChI is InChI=1S/C15H14N2O4/c18-13(19)8-10-17(11-5-2-1-3-6-11)15(21)12-7-4-9-16-14(12)20/h1-7,9H,8,10H2,(H,16,20)(H,18,19). The third kappa shape index (κ3) is 3.56. The third-order valence-electron chi connectivity index (χ3n) is 2.91.